The van der Waals surface area contributed by atoms with E-state index >= 15 is 0 Å². The minimum absolute atomic E-state index is 0.124. The van der Waals surface area contributed by atoms with E-state index in [0.717, 1.165) is 18.8 Å². The van der Waals surface area contributed by atoms with Gasteiger partial charge in [0.05, 0.1) is 24.3 Å². The monoisotopic (exact) mass is 394 g/mol. The maximum Gasteiger partial charge on any atom is 0.257 e. The van der Waals surface area contributed by atoms with Gasteiger partial charge in [0.1, 0.15) is 0 Å². The molecular weight excluding hydrogens is 368 g/mol. The number of carbonyl (C=O) groups excluding carboxylic acids is 2. The Labute approximate surface area is 170 Å². The molecule has 7 nitrogen and oxygen atoms in total. The maximum atomic E-state index is 12.6. The van der Waals surface area contributed by atoms with Gasteiger partial charge >= 0.3 is 0 Å². The molecule has 7 heteroatoms. The highest BCUT2D eigenvalue weighted by Crippen LogP contribution is 2.22. The largest absolute Gasteiger partial charge is 0.378 e. The molecule has 0 aliphatic carbocycles. The zero-order chi connectivity index (χ0) is 20.1. The van der Waals surface area contributed by atoms with Crippen LogP contribution in [0.2, 0.25) is 0 Å². The molecule has 152 valence electrons. The topological polar surface area (TPSA) is 74.8 Å². The third-order valence-electron chi connectivity index (χ3n) is 5.39. The molecule has 2 amide bonds. The number of rotatable bonds is 4. The number of benzene rings is 1. The van der Waals surface area contributed by atoms with Gasteiger partial charge in [-0.3, -0.25) is 14.6 Å². The molecule has 1 N–H and O–H groups in total. The van der Waals surface area contributed by atoms with Gasteiger partial charge in [0.2, 0.25) is 0 Å². The van der Waals surface area contributed by atoms with Gasteiger partial charge in [-0.25, -0.2) is 0 Å². The number of carbonyl (C=O) groups is 2. The van der Waals surface area contributed by atoms with E-state index in [1.54, 1.807) is 11.0 Å². The highest BCUT2D eigenvalue weighted by molar-refractivity contribution is 6.05. The molecule has 0 radical (unpaired) electrons. The predicted molar refractivity (Wildman–Crippen MR) is 111 cm³/mol. The molecule has 4 rings (SSSR count). The lowest BCUT2D eigenvalue weighted by molar-refractivity contribution is 0.0302. The van der Waals surface area contributed by atoms with Gasteiger partial charge in [0, 0.05) is 49.9 Å². The van der Waals surface area contributed by atoms with Crippen molar-refractivity contribution < 1.29 is 14.3 Å². The molecule has 2 aromatic rings. The highest BCUT2D eigenvalue weighted by Gasteiger charge is 2.20. The number of aromatic nitrogens is 1. The van der Waals surface area contributed by atoms with E-state index < -0.39 is 0 Å². The lowest BCUT2D eigenvalue weighted by Crippen LogP contribution is -2.40. The number of nitrogens with zero attached hydrogens (tertiary/aromatic N) is 3. The summed E-state index contributed by atoms with van der Waals surface area (Å²) in [5.41, 5.74) is 2.69. The number of morpholine rings is 1. The third kappa shape index (κ3) is 4.74. The molecule has 2 saturated heterocycles. The summed E-state index contributed by atoms with van der Waals surface area (Å²) in [5.74, 6) is -0.402. The molecule has 0 bridgehead atoms. The average molecular weight is 394 g/mol. The molecule has 2 fully saturated rings. The minimum atomic E-state index is -0.278. The normalized spacial score (nSPS) is 17.1. The van der Waals surface area contributed by atoms with Crippen molar-refractivity contribution in [3.8, 4) is 0 Å². The average Bonchev–Trinajstić information content (AvgIpc) is 2.80. The summed E-state index contributed by atoms with van der Waals surface area (Å²) >= 11 is 0. The van der Waals surface area contributed by atoms with E-state index in [0.29, 0.717) is 37.4 Å². The highest BCUT2D eigenvalue weighted by atomic mass is 16.5. The minimum Gasteiger partial charge on any atom is -0.378 e. The molecule has 29 heavy (non-hydrogen) atoms. The molecule has 0 spiro atoms. The smallest absolute Gasteiger partial charge is 0.257 e. The molecule has 1 aromatic heterocycles. The van der Waals surface area contributed by atoms with E-state index in [4.69, 9.17) is 4.74 Å². The van der Waals surface area contributed by atoms with Gasteiger partial charge in [0.15, 0.2) is 0 Å². The van der Waals surface area contributed by atoms with Gasteiger partial charge < -0.3 is 19.9 Å². The summed E-state index contributed by atoms with van der Waals surface area (Å²) in [6.45, 7) is 4.35. The summed E-state index contributed by atoms with van der Waals surface area (Å²) in [5, 5.41) is 2.89. The second kappa shape index (κ2) is 9.05. The number of amides is 2. The summed E-state index contributed by atoms with van der Waals surface area (Å²) < 4.78 is 5.28. The van der Waals surface area contributed by atoms with Crippen molar-refractivity contribution in [3.05, 3.63) is 53.9 Å². The van der Waals surface area contributed by atoms with E-state index in [2.05, 4.69) is 15.2 Å². The second-order valence-electron chi connectivity index (χ2n) is 7.42. The van der Waals surface area contributed by atoms with Crippen LogP contribution in [0.25, 0.3) is 0 Å². The summed E-state index contributed by atoms with van der Waals surface area (Å²) in [4.78, 5) is 33.5. The fraction of sp³-hybridized carbons (Fsp3) is 0.409. The van der Waals surface area contributed by atoms with Gasteiger partial charge in [-0.2, -0.15) is 0 Å². The molecule has 1 aromatic carbocycles. The van der Waals surface area contributed by atoms with Crippen LogP contribution in [0.3, 0.4) is 0 Å². The van der Waals surface area contributed by atoms with Crippen LogP contribution in [0, 0.1) is 0 Å². The summed E-state index contributed by atoms with van der Waals surface area (Å²) in [6.07, 6.45) is 6.73. The molecule has 0 atom stereocenters. The number of pyridine rings is 1. The van der Waals surface area contributed by atoms with Gasteiger partial charge in [-0.1, -0.05) is 0 Å². The standard InChI is InChI=1S/C22H26N4O3/c27-21(24-19-4-6-20(7-5-19)25-8-2-1-3-9-25)17-14-18(16-23-15-17)22(28)26-10-12-29-13-11-26/h4-7,14-16H,1-3,8-13H2,(H,24,27). The first-order valence-electron chi connectivity index (χ1n) is 10.2. The van der Waals surface area contributed by atoms with Crippen molar-refractivity contribution in [2.24, 2.45) is 0 Å². The Morgan fingerprint density at radius 2 is 1.59 bits per heavy atom. The molecule has 2 aliphatic rings. The Bertz CT molecular complexity index is 857. The first-order valence-corrected chi connectivity index (χ1v) is 10.2. The Morgan fingerprint density at radius 1 is 0.897 bits per heavy atom. The van der Waals surface area contributed by atoms with E-state index in [9.17, 15) is 9.59 Å². The van der Waals surface area contributed by atoms with Crippen molar-refractivity contribution >= 4 is 23.2 Å². The molecule has 0 saturated carbocycles. The zero-order valence-electron chi connectivity index (χ0n) is 16.5. The van der Waals surface area contributed by atoms with Crippen molar-refractivity contribution in [2.75, 3.05) is 49.6 Å². The lowest BCUT2D eigenvalue weighted by atomic mass is 10.1. The number of hydrogen-bond donors (Lipinski definition) is 1. The van der Waals surface area contributed by atoms with Crippen LogP contribution in [-0.2, 0) is 4.74 Å². The van der Waals surface area contributed by atoms with E-state index in [1.807, 2.05) is 24.3 Å². The Hall–Kier alpha value is -2.93. The van der Waals surface area contributed by atoms with Gasteiger partial charge in [-0.15, -0.1) is 0 Å². The van der Waals surface area contributed by atoms with Crippen LogP contribution >= 0.6 is 0 Å². The van der Waals surface area contributed by atoms with Gasteiger partial charge in [0.25, 0.3) is 11.8 Å². The second-order valence-corrected chi connectivity index (χ2v) is 7.42. The Balaban J connectivity index is 1.41. The van der Waals surface area contributed by atoms with Crippen LogP contribution in [0.4, 0.5) is 11.4 Å². The molecule has 0 unspecified atom stereocenters. The molecule has 3 heterocycles. The Kier molecular flexibility index (Phi) is 6.05. The number of nitrogens with one attached hydrogen (secondary N) is 1. The van der Waals surface area contributed by atoms with Crippen LogP contribution in [0.5, 0.6) is 0 Å². The predicted octanol–water partition coefficient (Wildman–Crippen LogP) is 2.80. The fourth-order valence-electron chi connectivity index (χ4n) is 3.74. The van der Waals surface area contributed by atoms with Crippen LogP contribution in [0.1, 0.15) is 40.0 Å². The van der Waals surface area contributed by atoms with Crippen molar-refractivity contribution in [1.29, 1.82) is 0 Å². The van der Waals surface area contributed by atoms with E-state index in [-0.39, 0.29) is 11.8 Å². The summed E-state index contributed by atoms with van der Waals surface area (Å²) in [7, 11) is 0. The van der Waals surface area contributed by atoms with Crippen LogP contribution in [-0.4, -0.2) is 61.1 Å². The fourth-order valence-corrected chi connectivity index (χ4v) is 3.74. The maximum absolute atomic E-state index is 12.6. The first-order chi connectivity index (χ1) is 14.2. The first kappa shape index (κ1) is 19.4. The quantitative estimate of drug-likeness (QED) is 0.863. The summed E-state index contributed by atoms with van der Waals surface area (Å²) in [6, 6.07) is 9.51. The van der Waals surface area contributed by atoms with Crippen molar-refractivity contribution in [1.82, 2.24) is 9.88 Å². The number of anilines is 2. The molecular formula is C22H26N4O3. The van der Waals surface area contributed by atoms with Crippen LogP contribution in [0.15, 0.2) is 42.7 Å². The Morgan fingerprint density at radius 3 is 2.31 bits per heavy atom. The zero-order valence-corrected chi connectivity index (χ0v) is 16.5. The van der Waals surface area contributed by atoms with Gasteiger partial charge in [-0.05, 0) is 49.6 Å². The SMILES string of the molecule is O=C(Nc1ccc(N2CCCCC2)cc1)c1cncc(C(=O)N2CCOCC2)c1. The lowest BCUT2D eigenvalue weighted by Gasteiger charge is -2.28. The van der Waals surface area contributed by atoms with Crippen LogP contribution < -0.4 is 10.2 Å². The van der Waals surface area contributed by atoms with Crippen molar-refractivity contribution in [2.45, 2.75) is 19.3 Å². The number of hydrogen-bond acceptors (Lipinski definition) is 5. The number of piperidine rings is 1. The third-order valence-corrected chi connectivity index (χ3v) is 5.39. The van der Waals surface area contributed by atoms with E-state index in [1.165, 1.54) is 37.3 Å². The molecule has 2 aliphatic heterocycles. The van der Waals surface area contributed by atoms with Crippen molar-refractivity contribution in [3.63, 3.8) is 0 Å². The number of ether oxygens (including phenoxy) is 1.